The fourth-order valence-corrected chi connectivity index (χ4v) is 4.80. The van der Waals surface area contributed by atoms with Gasteiger partial charge in [-0.15, -0.1) is 11.3 Å². The average molecular weight is 300 g/mol. The first-order chi connectivity index (χ1) is 9.19. The van der Waals surface area contributed by atoms with Crippen LogP contribution in [0.15, 0.2) is 11.4 Å². The van der Waals surface area contributed by atoms with Gasteiger partial charge in [-0.25, -0.2) is 0 Å². The van der Waals surface area contributed by atoms with E-state index in [0.29, 0.717) is 18.6 Å². The third kappa shape index (κ3) is 2.69. The summed E-state index contributed by atoms with van der Waals surface area (Å²) in [5.74, 6) is 0. The lowest BCUT2D eigenvalue weighted by Gasteiger charge is -2.32. The Morgan fingerprint density at radius 3 is 2.89 bits per heavy atom. The quantitative estimate of drug-likeness (QED) is 0.931. The van der Waals surface area contributed by atoms with Crippen LogP contribution in [0.5, 0.6) is 0 Å². The molecule has 2 aliphatic heterocycles. The van der Waals surface area contributed by atoms with Gasteiger partial charge in [-0.3, -0.25) is 9.80 Å². The molecule has 3 rings (SSSR count). The smallest absolute Gasteiger partial charge is 0.0565 e. The number of nitrogens with two attached hydrogens (primary N) is 1. The molecule has 3 heterocycles. The summed E-state index contributed by atoms with van der Waals surface area (Å²) in [5, 5.41) is 2.85. The highest BCUT2D eigenvalue weighted by molar-refractivity contribution is 7.10. The molecule has 0 amide bonds. The van der Waals surface area contributed by atoms with Crippen LogP contribution in [0.25, 0.3) is 0 Å². The minimum absolute atomic E-state index is 0.338. The van der Waals surface area contributed by atoms with E-state index in [-0.39, 0.29) is 0 Å². The van der Waals surface area contributed by atoms with Crippen molar-refractivity contribution in [3.05, 3.63) is 21.3 Å². The molecular formula is C14H22ClN3S. The van der Waals surface area contributed by atoms with Gasteiger partial charge in [0.15, 0.2) is 0 Å². The number of fused-ring (bicyclic) bond motifs is 2. The van der Waals surface area contributed by atoms with Gasteiger partial charge in [-0.05, 0) is 32.4 Å². The van der Waals surface area contributed by atoms with E-state index >= 15 is 0 Å². The van der Waals surface area contributed by atoms with Gasteiger partial charge in [0.05, 0.1) is 11.1 Å². The normalized spacial score (nSPS) is 30.5. The van der Waals surface area contributed by atoms with E-state index < -0.39 is 0 Å². The predicted molar refractivity (Wildman–Crippen MR) is 81.9 cm³/mol. The molecule has 5 heteroatoms. The molecule has 2 bridgehead atoms. The molecule has 0 aliphatic carbocycles. The van der Waals surface area contributed by atoms with Gasteiger partial charge < -0.3 is 5.73 Å². The Bertz CT molecular complexity index is 436. The Morgan fingerprint density at radius 1 is 1.42 bits per heavy atom. The zero-order valence-electron chi connectivity index (χ0n) is 11.4. The molecule has 3 unspecified atom stereocenters. The lowest BCUT2D eigenvalue weighted by molar-refractivity contribution is 0.177. The molecule has 3 atom stereocenters. The van der Waals surface area contributed by atoms with Crippen molar-refractivity contribution in [2.75, 3.05) is 26.7 Å². The van der Waals surface area contributed by atoms with Crippen molar-refractivity contribution >= 4 is 22.9 Å². The van der Waals surface area contributed by atoms with Crippen molar-refractivity contribution in [2.45, 2.75) is 37.4 Å². The first-order valence-electron chi connectivity index (χ1n) is 7.09. The molecule has 0 spiro atoms. The lowest BCUT2D eigenvalue weighted by Crippen LogP contribution is -2.40. The van der Waals surface area contributed by atoms with Crippen molar-refractivity contribution in [3.8, 4) is 0 Å². The van der Waals surface area contributed by atoms with Gasteiger partial charge in [0.25, 0.3) is 0 Å². The fraction of sp³-hybridized carbons (Fsp3) is 0.714. The molecule has 2 saturated heterocycles. The first kappa shape index (κ1) is 13.8. The Hall–Kier alpha value is -0.130. The van der Waals surface area contributed by atoms with Gasteiger partial charge >= 0.3 is 0 Å². The highest BCUT2D eigenvalue weighted by atomic mass is 35.5. The number of hydrogen-bond acceptors (Lipinski definition) is 4. The second-order valence-electron chi connectivity index (χ2n) is 5.75. The van der Waals surface area contributed by atoms with E-state index in [2.05, 4.69) is 22.9 Å². The van der Waals surface area contributed by atoms with Crippen LogP contribution in [-0.4, -0.2) is 48.6 Å². The molecule has 1 aromatic rings. The molecular weight excluding hydrogens is 278 g/mol. The highest BCUT2D eigenvalue weighted by Crippen LogP contribution is 2.34. The van der Waals surface area contributed by atoms with Crippen LogP contribution in [0.4, 0.5) is 0 Å². The number of thiophene rings is 1. The molecule has 2 fully saturated rings. The van der Waals surface area contributed by atoms with Gasteiger partial charge in [0.2, 0.25) is 0 Å². The van der Waals surface area contributed by atoms with Crippen LogP contribution < -0.4 is 5.73 Å². The highest BCUT2D eigenvalue weighted by Gasteiger charge is 2.36. The van der Waals surface area contributed by atoms with Gasteiger partial charge in [-0.2, -0.15) is 0 Å². The monoisotopic (exact) mass is 299 g/mol. The molecule has 106 valence electrons. The topological polar surface area (TPSA) is 32.5 Å². The van der Waals surface area contributed by atoms with E-state index in [1.54, 1.807) is 11.3 Å². The third-order valence-electron chi connectivity index (χ3n) is 4.76. The molecule has 19 heavy (non-hydrogen) atoms. The maximum Gasteiger partial charge on any atom is 0.0565 e. The van der Waals surface area contributed by atoms with Gasteiger partial charge in [0, 0.05) is 42.0 Å². The van der Waals surface area contributed by atoms with E-state index in [1.807, 2.05) is 5.38 Å². The van der Waals surface area contributed by atoms with Crippen molar-refractivity contribution < 1.29 is 0 Å². The van der Waals surface area contributed by atoms with Crippen LogP contribution >= 0.6 is 22.9 Å². The summed E-state index contributed by atoms with van der Waals surface area (Å²) in [4.78, 5) is 6.46. The number of likely N-dealkylation sites (N-methyl/N-ethyl adjacent to an activating group) is 1. The van der Waals surface area contributed by atoms with E-state index in [4.69, 9.17) is 17.3 Å². The summed E-state index contributed by atoms with van der Waals surface area (Å²) in [7, 11) is 2.28. The summed E-state index contributed by atoms with van der Waals surface area (Å²) in [6, 6.07) is 3.90. The maximum atomic E-state index is 6.06. The molecule has 0 radical (unpaired) electrons. The van der Waals surface area contributed by atoms with Gasteiger partial charge in [-0.1, -0.05) is 11.6 Å². The van der Waals surface area contributed by atoms with E-state index in [1.165, 1.54) is 24.1 Å². The minimum atomic E-state index is 0.338. The number of rotatable bonds is 3. The molecule has 2 aliphatic rings. The lowest BCUT2D eigenvalue weighted by atomic mass is 10.1. The van der Waals surface area contributed by atoms with Crippen molar-refractivity contribution in [1.29, 1.82) is 0 Å². The summed E-state index contributed by atoms with van der Waals surface area (Å²) in [6.07, 6.45) is 3.97. The van der Waals surface area contributed by atoms with Crippen LogP contribution in [0.3, 0.4) is 0 Å². The molecule has 0 saturated carbocycles. The van der Waals surface area contributed by atoms with E-state index in [0.717, 1.165) is 24.2 Å². The number of nitrogens with zero attached hydrogens (tertiary/aromatic N) is 2. The number of hydrogen-bond donors (Lipinski definition) is 1. The van der Waals surface area contributed by atoms with Crippen LogP contribution in [0, 0.1) is 0 Å². The second kappa shape index (κ2) is 5.70. The third-order valence-corrected chi connectivity index (χ3v) is 6.14. The predicted octanol–water partition coefficient (Wildman–Crippen LogP) is 2.57. The summed E-state index contributed by atoms with van der Waals surface area (Å²) in [6.45, 7) is 2.98. The fourth-order valence-electron chi connectivity index (χ4n) is 3.57. The van der Waals surface area contributed by atoms with Crippen LogP contribution in [-0.2, 0) is 0 Å². The average Bonchev–Trinajstić information content (AvgIpc) is 2.88. The summed E-state index contributed by atoms with van der Waals surface area (Å²) < 4.78 is 0. The summed E-state index contributed by atoms with van der Waals surface area (Å²) in [5.41, 5.74) is 6.04. The van der Waals surface area contributed by atoms with Gasteiger partial charge in [0.1, 0.15) is 0 Å². The molecule has 1 aromatic heterocycles. The molecule has 3 nitrogen and oxygen atoms in total. The Morgan fingerprint density at radius 2 is 2.21 bits per heavy atom. The Balaban J connectivity index is 1.77. The Labute approximate surface area is 124 Å². The SMILES string of the molecule is CN1C2CCC1CN(C(CN)c1cc(Cl)cs1)CC2. The zero-order chi connectivity index (χ0) is 13.4. The van der Waals surface area contributed by atoms with Crippen LogP contribution in [0.1, 0.15) is 30.2 Å². The minimum Gasteiger partial charge on any atom is -0.329 e. The van der Waals surface area contributed by atoms with Crippen molar-refractivity contribution in [3.63, 3.8) is 0 Å². The zero-order valence-corrected chi connectivity index (χ0v) is 13.0. The van der Waals surface area contributed by atoms with Crippen molar-refractivity contribution in [1.82, 2.24) is 9.80 Å². The molecule has 0 aromatic carbocycles. The summed E-state index contributed by atoms with van der Waals surface area (Å²) >= 11 is 7.80. The maximum absolute atomic E-state index is 6.06. The Kier molecular flexibility index (Phi) is 4.15. The largest absolute Gasteiger partial charge is 0.329 e. The molecule has 2 N–H and O–H groups in total. The second-order valence-corrected chi connectivity index (χ2v) is 7.13. The van der Waals surface area contributed by atoms with Crippen molar-refractivity contribution in [2.24, 2.45) is 5.73 Å². The van der Waals surface area contributed by atoms with E-state index in [9.17, 15) is 0 Å². The number of likely N-dealkylation sites (tertiary alicyclic amines) is 1. The standard InChI is InChI=1S/C14H22ClN3S/c1-17-11-2-3-12(17)8-18(5-4-11)13(7-16)14-6-10(15)9-19-14/h6,9,11-13H,2-5,7-8,16H2,1H3. The van der Waals surface area contributed by atoms with Crippen LogP contribution in [0.2, 0.25) is 5.02 Å². The first-order valence-corrected chi connectivity index (χ1v) is 8.34. The number of halogens is 1.